The van der Waals surface area contributed by atoms with Gasteiger partial charge in [-0.1, -0.05) is 116 Å². The van der Waals surface area contributed by atoms with Crippen molar-refractivity contribution >= 4 is 0 Å². The summed E-state index contributed by atoms with van der Waals surface area (Å²) in [6, 6.07) is 37.2. The van der Waals surface area contributed by atoms with Crippen LogP contribution >= 0.6 is 0 Å². The fraction of sp³-hybridized carbons (Fsp3) is 0.143. The maximum absolute atomic E-state index is 2.27. The van der Waals surface area contributed by atoms with Gasteiger partial charge in [0.15, 0.2) is 0 Å². The van der Waals surface area contributed by atoms with E-state index in [-0.39, 0.29) is 0 Å². The molecule has 0 heterocycles. The summed E-state index contributed by atoms with van der Waals surface area (Å²) < 4.78 is 0. The minimum atomic E-state index is 1.18. The molecule has 4 aromatic carbocycles. The molecule has 4 aromatic rings. The van der Waals surface area contributed by atoms with Gasteiger partial charge in [0.25, 0.3) is 0 Å². The number of aryl methyl sites for hydroxylation is 1. The van der Waals surface area contributed by atoms with Crippen molar-refractivity contribution in [3.63, 3.8) is 0 Å². The van der Waals surface area contributed by atoms with Crippen LogP contribution in [0.4, 0.5) is 0 Å². The van der Waals surface area contributed by atoms with Crippen molar-refractivity contribution in [2.24, 2.45) is 0 Å². The van der Waals surface area contributed by atoms with Gasteiger partial charge in [-0.15, -0.1) is 0 Å². The highest BCUT2D eigenvalue weighted by molar-refractivity contribution is 5.73. The summed E-state index contributed by atoms with van der Waals surface area (Å²) in [6.07, 6.45) is 3.68. The van der Waals surface area contributed by atoms with Gasteiger partial charge in [-0.05, 0) is 51.8 Å². The van der Waals surface area contributed by atoms with Crippen molar-refractivity contribution < 1.29 is 0 Å². The predicted molar refractivity (Wildman–Crippen MR) is 121 cm³/mol. The molecule has 0 fully saturated rings. The van der Waals surface area contributed by atoms with Crippen molar-refractivity contribution in [1.82, 2.24) is 0 Å². The molecule has 0 nitrogen and oxygen atoms in total. The van der Waals surface area contributed by atoms with Crippen molar-refractivity contribution in [2.75, 3.05) is 0 Å². The number of benzene rings is 4. The molecule has 0 unspecified atom stereocenters. The standard InChI is InChI=1S/C28H26/c1-2-3-7-22-10-12-24(13-11-22)26-18-20-28(21-19-26)27-16-14-25(15-17-27)23-8-5-4-6-9-23/h4-6,8-21H,2-3,7H2,1H3. The van der Waals surface area contributed by atoms with E-state index in [2.05, 4.69) is 110 Å². The molecule has 0 saturated carbocycles. The molecule has 138 valence electrons. The van der Waals surface area contributed by atoms with Crippen LogP contribution in [-0.4, -0.2) is 0 Å². The molecule has 0 atom stereocenters. The Balaban J connectivity index is 1.50. The van der Waals surface area contributed by atoms with E-state index in [4.69, 9.17) is 0 Å². The maximum Gasteiger partial charge on any atom is -0.0184 e. The third-order valence-corrected chi connectivity index (χ3v) is 5.32. The zero-order valence-electron chi connectivity index (χ0n) is 16.4. The molecular weight excluding hydrogens is 336 g/mol. The first-order valence-electron chi connectivity index (χ1n) is 10.2. The Morgan fingerprint density at radius 1 is 0.429 bits per heavy atom. The van der Waals surface area contributed by atoms with Crippen LogP contribution in [0, 0.1) is 0 Å². The molecule has 0 spiro atoms. The van der Waals surface area contributed by atoms with Crippen molar-refractivity contribution in [1.29, 1.82) is 0 Å². The van der Waals surface area contributed by atoms with E-state index >= 15 is 0 Å². The van der Waals surface area contributed by atoms with Crippen LogP contribution in [0.15, 0.2) is 103 Å². The summed E-state index contributed by atoms with van der Waals surface area (Å²) in [4.78, 5) is 0. The Morgan fingerprint density at radius 3 is 1.18 bits per heavy atom. The van der Waals surface area contributed by atoms with E-state index in [1.54, 1.807) is 0 Å². The van der Waals surface area contributed by atoms with Gasteiger partial charge < -0.3 is 0 Å². The van der Waals surface area contributed by atoms with Gasteiger partial charge in [-0.3, -0.25) is 0 Å². The second-order valence-corrected chi connectivity index (χ2v) is 7.32. The topological polar surface area (TPSA) is 0 Å². The lowest BCUT2D eigenvalue weighted by Gasteiger charge is -2.08. The van der Waals surface area contributed by atoms with Crippen molar-refractivity contribution in [3.05, 3.63) is 109 Å². The first-order chi connectivity index (χ1) is 13.8. The van der Waals surface area contributed by atoms with E-state index in [0.29, 0.717) is 0 Å². The highest BCUT2D eigenvalue weighted by Crippen LogP contribution is 2.27. The largest absolute Gasteiger partial charge is 0.0654 e. The lowest BCUT2D eigenvalue weighted by molar-refractivity contribution is 0.795. The van der Waals surface area contributed by atoms with Crippen LogP contribution in [0.25, 0.3) is 33.4 Å². The minimum Gasteiger partial charge on any atom is -0.0654 e. The quantitative estimate of drug-likeness (QED) is 0.325. The summed E-state index contributed by atoms with van der Waals surface area (Å²) in [5.74, 6) is 0. The van der Waals surface area contributed by atoms with Crippen LogP contribution in [-0.2, 0) is 6.42 Å². The number of hydrogen-bond donors (Lipinski definition) is 0. The minimum absolute atomic E-state index is 1.18. The SMILES string of the molecule is CCCCc1ccc(-c2ccc(-c3ccc(-c4ccccc4)cc3)cc2)cc1. The molecule has 0 N–H and O–H groups in total. The Kier molecular flexibility index (Phi) is 5.68. The first-order valence-corrected chi connectivity index (χ1v) is 10.2. The van der Waals surface area contributed by atoms with Gasteiger partial charge in [-0.25, -0.2) is 0 Å². The summed E-state index contributed by atoms with van der Waals surface area (Å²) >= 11 is 0. The fourth-order valence-electron chi connectivity index (χ4n) is 3.59. The van der Waals surface area contributed by atoms with Gasteiger partial charge in [0.1, 0.15) is 0 Å². The molecule has 0 radical (unpaired) electrons. The summed E-state index contributed by atoms with van der Waals surface area (Å²) in [5, 5.41) is 0. The fourth-order valence-corrected chi connectivity index (χ4v) is 3.59. The molecule has 0 saturated heterocycles. The monoisotopic (exact) mass is 362 g/mol. The maximum atomic E-state index is 2.27. The predicted octanol–water partition coefficient (Wildman–Crippen LogP) is 8.03. The Labute approximate surface area is 168 Å². The number of hydrogen-bond acceptors (Lipinski definition) is 0. The second-order valence-electron chi connectivity index (χ2n) is 7.32. The lowest BCUT2D eigenvalue weighted by Crippen LogP contribution is -1.85. The zero-order valence-corrected chi connectivity index (χ0v) is 16.4. The summed E-state index contributed by atoms with van der Waals surface area (Å²) in [5.41, 5.74) is 9.00. The summed E-state index contributed by atoms with van der Waals surface area (Å²) in [7, 11) is 0. The van der Waals surface area contributed by atoms with Crippen LogP contribution < -0.4 is 0 Å². The summed E-state index contributed by atoms with van der Waals surface area (Å²) in [6.45, 7) is 2.24. The Hall–Kier alpha value is -3.12. The van der Waals surface area contributed by atoms with Crippen molar-refractivity contribution in [2.45, 2.75) is 26.2 Å². The Morgan fingerprint density at radius 2 is 0.786 bits per heavy atom. The molecule has 4 rings (SSSR count). The van der Waals surface area contributed by atoms with Gasteiger partial charge in [0, 0.05) is 0 Å². The highest BCUT2D eigenvalue weighted by atomic mass is 14.1. The van der Waals surface area contributed by atoms with Gasteiger partial charge in [0.05, 0.1) is 0 Å². The Bertz CT molecular complexity index is 992. The smallest absolute Gasteiger partial charge is 0.0184 e. The number of unbranched alkanes of at least 4 members (excludes halogenated alkanes) is 1. The third-order valence-electron chi connectivity index (χ3n) is 5.32. The molecule has 0 aromatic heterocycles. The van der Waals surface area contributed by atoms with E-state index in [1.165, 1.54) is 58.2 Å². The van der Waals surface area contributed by atoms with E-state index in [9.17, 15) is 0 Å². The van der Waals surface area contributed by atoms with E-state index in [1.807, 2.05) is 0 Å². The molecular formula is C28H26. The van der Waals surface area contributed by atoms with Gasteiger partial charge >= 0.3 is 0 Å². The van der Waals surface area contributed by atoms with Crippen LogP contribution in [0.2, 0.25) is 0 Å². The van der Waals surface area contributed by atoms with E-state index < -0.39 is 0 Å². The average Bonchev–Trinajstić information content (AvgIpc) is 2.79. The molecule has 0 amide bonds. The van der Waals surface area contributed by atoms with Crippen LogP contribution in [0.1, 0.15) is 25.3 Å². The zero-order chi connectivity index (χ0) is 19.2. The van der Waals surface area contributed by atoms with Gasteiger partial charge in [-0.2, -0.15) is 0 Å². The molecule has 28 heavy (non-hydrogen) atoms. The molecule has 0 aliphatic carbocycles. The normalized spacial score (nSPS) is 10.8. The molecule has 0 heteroatoms. The van der Waals surface area contributed by atoms with Crippen LogP contribution in [0.5, 0.6) is 0 Å². The van der Waals surface area contributed by atoms with Gasteiger partial charge in [0.2, 0.25) is 0 Å². The third kappa shape index (κ3) is 4.23. The highest BCUT2D eigenvalue weighted by Gasteiger charge is 2.02. The first kappa shape index (κ1) is 18.3. The molecule has 0 aliphatic heterocycles. The molecule has 0 aliphatic rings. The lowest BCUT2D eigenvalue weighted by atomic mass is 9.97. The average molecular weight is 363 g/mol. The molecule has 0 bridgehead atoms. The van der Waals surface area contributed by atoms with E-state index in [0.717, 1.165) is 0 Å². The number of rotatable bonds is 6. The second kappa shape index (κ2) is 8.71. The van der Waals surface area contributed by atoms with Crippen molar-refractivity contribution in [3.8, 4) is 33.4 Å². The van der Waals surface area contributed by atoms with Crippen LogP contribution in [0.3, 0.4) is 0 Å².